The Morgan fingerprint density at radius 1 is 1.24 bits per heavy atom. The van der Waals surface area contributed by atoms with Crippen LogP contribution in [0.25, 0.3) is 10.2 Å². The number of hydrogen-bond donors (Lipinski definition) is 1. The smallest absolute Gasteiger partial charge is 0.232 e. The van der Waals surface area contributed by atoms with Crippen molar-refractivity contribution in [2.75, 3.05) is 11.9 Å². The van der Waals surface area contributed by atoms with Gasteiger partial charge in [-0.25, -0.2) is 4.98 Å². The summed E-state index contributed by atoms with van der Waals surface area (Å²) in [5.74, 6) is 1.98. The number of benzene rings is 1. The molecule has 2 aromatic heterocycles. The van der Waals surface area contributed by atoms with E-state index >= 15 is 0 Å². The minimum atomic E-state index is 0.599. The van der Waals surface area contributed by atoms with Gasteiger partial charge < -0.3 is 10.1 Å². The maximum atomic E-state index is 5.96. The molecule has 0 spiro atoms. The number of hydrogen-bond acceptors (Lipinski definition) is 5. The standard InChI is InChI=1S/C15H14IN3OS/c1-3-17-15-18-13(12-8-9(2)21-14(12)19-15)20-11-6-4-10(16)5-7-11/h4-8H,3H2,1-2H3,(H,17,18,19). The summed E-state index contributed by atoms with van der Waals surface area (Å²) in [5.41, 5.74) is 0. The van der Waals surface area contributed by atoms with E-state index in [0.29, 0.717) is 11.8 Å². The highest BCUT2D eigenvalue weighted by atomic mass is 127. The van der Waals surface area contributed by atoms with Crippen molar-refractivity contribution in [3.63, 3.8) is 0 Å². The van der Waals surface area contributed by atoms with Crippen molar-refractivity contribution in [3.05, 3.63) is 38.8 Å². The first-order chi connectivity index (χ1) is 10.2. The zero-order chi connectivity index (χ0) is 14.8. The lowest BCUT2D eigenvalue weighted by molar-refractivity contribution is 0.469. The molecular formula is C15H14IN3OS. The van der Waals surface area contributed by atoms with Crippen molar-refractivity contribution in [2.24, 2.45) is 0 Å². The SMILES string of the molecule is CCNc1nc(Oc2ccc(I)cc2)c2cc(C)sc2n1. The molecule has 0 fully saturated rings. The number of halogens is 1. The minimum absolute atomic E-state index is 0.599. The first-order valence-electron chi connectivity index (χ1n) is 6.61. The second-order valence-corrected chi connectivity index (χ2v) is 6.99. The number of nitrogens with one attached hydrogen (secondary N) is 1. The molecule has 0 saturated carbocycles. The van der Waals surface area contributed by atoms with Crippen LogP contribution in [0.4, 0.5) is 5.95 Å². The van der Waals surface area contributed by atoms with Crippen LogP contribution >= 0.6 is 33.9 Å². The summed E-state index contributed by atoms with van der Waals surface area (Å²) in [4.78, 5) is 11.1. The Kier molecular flexibility index (Phi) is 4.25. The van der Waals surface area contributed by atoms with E-state index in [9.17, 15) is 0 Å². The number of rotatable bonds is 4. The number of aryl methyl sites for hydroxylation is 1. The Morgan fingerprint density at radius 3 is 2.71 bits per heavy atom. The average molecular weight is 411 g/mol. The molecule has 0 bridgehead atoms. The summed E-state index contributed by atoms with van der Waals surface area (Å²) in [6.45, 7) is 4.86. The average Bonchev–Trinajstić information content (AvgIpc) is 2.82. The summed E-state index contributed by atoms with van der Waals surface area (Å²) < 4.78 is 7.13. The molecule has 2 heterocycles. The van der Waals surface area contributed by atoms with E-state index in [2.05, 4.69) is 50.9 Å². The van der Waals surface area contributed by atoms with Gasteiger partial charge in [-0.05, 0) is 66.8 Å². The largest absolute Gasteiger partial charge is 0.438 e. The van der Waals surface area contributed by atoms with Crippen molar-refractivity contribution < 1.29 is 4.74 Å². The maximum absolute atomic E-state index is 5.96. The van der Waals surface area contributed by atoms with E-state index in [1.807, 2.05) is 31.2 Å². The fourth-order valence-corrected chi connectivity index (χ4v) is 3.17. The predicted molar refractivity (Wildman–Crippen MR) is 95.5 cm³/mol. The van der Waals surface area contributed by atoms with Crippen LogP contribution in [-0.4, -0.2) is 16.5 Å². The van der Waals surface area contributed by atoms with Crippen LogP contribution in [0.5, 0.6) is 11.6 Å². The third-order valence-electron chi connectivity index (χ3n) is 2.84. The van der Waals surface area contributed by atoms with Gasteiger partial charge in [0.25, 0.3) is 0 Å². The van der Waals surface area contributed by atoms with Gasteiger partial charge in [0.2, 0.25) is 11.8 Å². The lowest BCUT2D eigenvalue weighted by Gasteiger charge is -2.08. The number of anilines is 1. The van der Waals surface area contributed by atoms with Crippen LogP contribution in [-0.2, 0) is 0 Å². The minimum Gasteiger partial charge on any atom is -0.438 e. The molecule has 0 aliphatic rings. The molecule has 4 nitrogen and oxygen atoms in total. The number of aromatic nitrogens is 2. The Hall–Kier alpha value is -1.41. The molecular weight excluding hydrogens is 397 g/mol. The molecule has 1 N–H and O–H groups in total. The number of fused-ring (bicyclic) bond motifs is 1. The van der Waals surface area contributed by atoms with Gasteiger partial charge >= 0.3 is 0 Å². The Labute approximate surface area is 140 Å². The number of thiophene rings is 1. The fraction of sp³-hybridized carbons (Fsp3) is 0.200. The predicted octanol–water partition coefficient (Wildman–Crippen LogP) is 4.83. The first-order valence-corrected chi connectivity index (χ1v) is 8.50. The van der Waals surface area contributed by atoms with Gasteiger partial charge in [0.15, 0.2) is 0 Å². The monoisotopic (exact) mass is 411 g/mol. The molecule has 0 atom stereocenters. The normalized spacial score (nSPS) is 10.8. The molecule has 0 radical (unpaired) electrons. The molecule has 3 aromatic rings. The molecule has 3 rings (SSSR count). The van der Waals surface area contributed by atoms with Crippen molar-refractivity contribution >= 4 is 50.1 Å². The Bertz CT molecular complexity index is 770. The highest BCUT2D eigenvalue weighted by molar-refractivity contribution is 14.1. The van der Waals surface area contributed by atoms with E-state index in [4.69, 9.17) is 4.74 Å². The van der Waals surface area contributed by atoms with Crippen molar-refractivity contribution in [1.82, 2.24) is 9.97 Å². The summed E-state index contributed by atoms with van der Waals surface area (Å²) >= 11 is 3.92. The molecule has 0 saturated heterocycles. The van der Waals surface area contributed by atoms with E-state index < -0.39 is 0 Å². The number of nitrogens with zero attached hydrogens (tertiary/aromatic N) is 2. The topological polar surface area (TPSA) is 47.0 Å². The van der Waals surface area contributed by atoms with Crippen molar-refractivity contribution in [2.45, 2.75) is 13.8 Å². The van der Waals surface area contributed by atoms with Crippen LogP contribution in [0, 0.1) is 10.5 Å². The molecule has 0 aliphatic carbocycles. The van der Waals surface area contributed by atoms with Crippen LogP contribution in [0.15, 0.2) is 30.3 Å². The van der Waals surface area contributed by atoms with E-state index in [1.165, 1.54) is 8.45 Å². The summed E-state index contributed by atoms with van der Waals surface area (Å²) in [6.07, 6.45) is 0. The van der Waals surface area contributed by atoms with Crippen LogP contribution in [0.1, 0.15) is 11.8 Å². The Balaban J connectivity index is 2.04. The lowest BCUT2D eigenvalue weighted by atomic mass is 10.3. The van der Waals surface area contributed by atoms with Crippen LogP contribution < -0.4 is 10.1 Å². The van der Waals surface area contributed by atoms with Crippen LogP contribution in [0.2, 0.25) is 0 Å². The number of ether oxygens (including phenoxy) is 1. The fourth-order valence-electron chi connectivity index (χ4n) is 1.95. The molecule has 0 unspecified atom stereocenters. The molecule has 21 heavy (non-hydrogen) atoms. The quantitative estimate of drug-likeness (QED) is 0.625. The van der Waals surface area contributed by atoms with Gasteiger partial charge in [-0.15, -0.1) is 11.3 Å². The second kappa shape index (κ2) is 6.15. The molecule has 6 heteroatoms. The summed E-state index contributed by atoms with van der Waals surface area (Å²) in [6, 6.07) is 9.98. The van der Waals surface area contributed by atoms with Gasteiger partial charge in [0.1, 0.15) is 10.6 Å². The van der Waals surface area contributed by atoms with Crippen molar-refractivity contribution in [3.8, 4) is 11.6 Å². The van der Waals surface area contributed by atoms with E-state index in [-0.39, 0.29) is 0 Å². The molecule has 0 aliphatic heterocycles. The van der Waals surface area contributed by atoms with Gasteiger partial charge in [-0.3, -0.25) is 0 Å². The third kappa shape index (κ3) is 3.26. The first kappa shape index (κ1) is 14.5. The van der Waals surface area contributed by atoms with Crippen molar-refractivity contribution in [1.29, 1.82) is 0 Å². The van der Waals surface area contributed by atoms with E-state index in [1.54, 1.807) is 11.3 Å². The molecule has 0 amide bonds. The van der Waals surface area contributed by atoms with Gasteiger partial charge in [-0.2, -0.15) is 4.98 Å². The highest BCUT2D eigenvalue weighted by Gasteiger charge is 2.12. The van der Waals surface area contributed by atoms with Gasteiger partial charge in [0, 0.05) is 15.0 Å². The molecule has 1 aromatic carbocycles. The third-order valence-corrected chi connectivity index (χ3v) is 4.51. The maximum Gasteiger partial charge on any atom is 0.232 e. The zero-order valence-electron chi connectivity index (χ0n) is 11.7. The molecule has 108 valence electrons. The van der Waals surface area contributed by atoms with Crippen LogP contribution in [0.3, 0.4) is 0 Å². The zero-order valence-corrected chi connectivity index (χ0v) is 14.7. The lowest BCUT2D eigenvalue weighted by Crippen LogP contribution is -2.02. The second-order valence-electron chi connectivity index (χ2n) is 4.51. The Morgan fingerprint density at radius 2 is 2.00 bits per heavy atom. The summed E-state index contributed by atoms with van der Waals surface area (Å²) in [7, 11) is 0. The van der Waals surface area contributed by atoms with E-state index in [0.717, 1.165) is 22.5 Å². The summed E-state index contributed by atoms with van der Waals surface area (Å²) in [5, 5.41) is 4.10. The van der Waals surface area contributed by atoms with Gasteiger partial charge in [-0.1, -0.05) is 0 Å². The highest BCUT2D eigenvalue weighted by Crippen LogP contribution is 2.33. The van der Waals surface area contributed by atoms with Gasteiger partial charge in [0.05, 0.1) is 5.39 Å².